The van der Waals surface area contributed by atoms with Crippen molar-refractivity contribution in [1.29, 1.82) is 0 Å². The van der Waals surface area contributed by atoms with Gasteiger partial charge in [0.1, 0.15) is 17.1 Å². The van der Waals surface area contributed by atoms with E-state index in [0.717, 1.165) is 29.8 Å². The number of nitrogens with zero attached hydrogens (tertiary/aromatic N) is 2. The minimum absolute atomic E-state index is 0.135. The predicted molar refractivity (Wildman–Crippen MR) is 136 cm³/mol. The van der Waals surface area contributed by atoms with Gasteiger partial charge in [-0.3, -0.25) is 9.59 Å². The van der Waals surface area contributed by atoms with Gasteiger partial charge in [-0.25, -0.2) is 0 Å². The van der Waals surface area contributed by atoms with Crippen LogP contribution in [0, 0.1) is 6.92 Å². The largest absolute Gasteiger partial charge is 0.457 e. The molecule has 1 atom stereocenters. The van der Waals surface area contributed by atoms with E-state index in [9.17, 15) is 9.59 Å². The summed E-state index contributed by atoms with van der Waals surface area (Å²) in [7, 11) is 4.01. The van der Waals surface area contributed by atoms with Crippen molar-refractivity contribution in [2.24, 2.45) is 0 Å². The van der Waals surface area contributed by atoms with Gasteiger partial charge in [0.25, 0.3) is 5.91 Å². The molecule has 5 rings (SSSR count). The van der Waals surface area contributed by atoms with Crippen LogP contribution in [0.15, 0.2) is 82.0 Å². The Morgan fingerprint density at radius 1 is 0.943 bits per heavy atom. The van der Waals surface area contributed by atoms with Gasteiger partial charge in [0, 0.05) is 6.54 Å². The molecule has 2 heterocycles. The van der Waals surface area contributed by atoms with Crippen LogP contribution in [0.1, 0.15) is 39.7 Å². The Bertz CT molecular complexity index is 1440. The summed E-state index contributed by atoms with van der Waals surface area (Å²) in [5, 5.41) is 0.494. The normalized spacial score (nSPS) is 15.1. The molecule has 0 spiro atoms. The van der Waals surface area contributed by atoms with Crippen molar-refractivity contribution >= 4 is 16.9 Å². The lowest BCUT2D eigenvalue weighted by Gasteiger charge is -2.26. The smallest absolute Gasteiger partial charge is 0.290 e. The Morgan fingerprint density at radius 3 is 2.49 bits per heavy atom. The second-order valence-electron chi connectivity index (χ2n) is 9.22. The van der Waals surface area contributed by atoms with Crippen LogP contribution in [0.25, 0.3) is 11.0 Å². The van der Waals surface area contributed by atoms with Crippen LogP contribution in [0.5, 0.6) is 11.5 Å². The number of hydrogen-bond acceptors (Lipinski definition) is 5. The molecule has 0 fully saturated rings. The summed E-state index contributed by atoms with van der Waals surface area (Å²) in [6.07, 6.45) is 0.774. The summed E-state index contributed by atoms with van der Waals surface area (Å²) in [6.45, 7) is 3.27. The molecule has 1 unspecified atom stereocenters. The molecule has 0 saturated carbocycles. The summed E-state index contributed by atoms with van der Waals surface area (Å²) < 4.78 is 12.1. The van der Waals surface area contributed by atoms with Crippen molar-refractivity contribution in [3.8, 4) is 11.5 Å². The molecule has 6 heteroatoms. The molecule has 35 heavy (non-hydrogen) atoms. The van der Waals surface area contributed by atoms with E-state index < -0.39 is 6.04 Å². The van der Waals surface area contributed by atoms with Crippen LogP contribution in [-0.2, 0) is 0 Å². The van der Waals surface area contributed by atoms with Gasteiger partial charge in [0.15, 0.2) is 5.43 Å². The van der Waals surface area contributed by atoms with Crippen molar-refractivity contribution in [3.63, 3.8) is 0 Å². The topological polar surface area (TPSA) is 63.0 Å². The Kier molecular flexibility index (Phi) is 6.14. The van der Waals surface area contributed by atoms with E-state index in [1.54, 1.807) is 11.0 Å². The number of ether oxygens (including phenoxy) is 1. The zero-order valence-electron chi connectivity index (χ0n) is 20.2. The number of hydrogen-bond donors (Lipinski definition) is 0. The summed E-state index contributed by atoms with van der Waals surface area (Å²) in [5.74, 6) is 1.24. The van der Waals surface area contributed by atoms with Gasteiger partial charge in [0.05, 0.1) is 17.0 Å². The fraction of sp³-hybridized carbons (Fsp3) is 0.241. The van der Waals surface area contributed by atoms with Gasteiger partial charge < -0.3 is 19.0 Å². The minimum Gasteiger partial charge on any atom is -0.457 e. The minimum atomic E-state index is -0.542. The third-order valence-corrected chi connectivity index (χ3v) is 6.28. The first kappa shape index (κ1) is 22.9. The van der Waals surface area contributed by atoms with Gasteiger partial charge in [0.2, 0.25) is 5.76 Å². The van der Waals surface area contributed by atoms with Crippen LogP contribution in [0.2, 0.25) is 0 Å². The van der Waals surface area contributed by atoms with Crippen LogP contribution in [0.4, 0.5) is 0 Å². The standard InChI is InChI=1S/C29H28N2O4/c1-19-13-14-24-23(17-19)27(32)25-26(31(16-8-15-30(2)3)29(33)28(25)35-24)20-9-7-12-22(18-20)34-21-10-5-4-6-11-21/h4-7,9-14,17-18,26H,8,15-16H2,1-3H3. The maximum atomic E-state index is 13.7. The second-order valence-corrected chi connectivity index (χ2v) is 9.22. The van der Waals surface area contributed by atoms with E-state index in [2.05, 4.69) is 4.90 Å². The number of aryl methyl sites for hydroxylation is 1. The molecule has 178 valence electrons. The molecular weight excluding hydrogens is 440 g/mol. The highest BCUT2D eigenvalue weighted by atomic mass is 16.5. The first-order chi connectivity index (χ1) is 16.9. The van der Waals surface area contributed by atoms with Crippen molar-refractivity contribution in [3.05, 3.63) is 105 Å². The zero-order valence-corrected chi connectivity index (χ0v) is 20.2. The van der Waals surface area contributed by atoms with Gasteiger partial charge in [-0.05, 0) is 75.9 Å². The average Bonchev–Trinajstić information content (AvgIpc) is 3.12. The first-order valence-electron chi connectivity index (χ1n) is 11.8. The van der Waals surface area contributed by atoms with Gasteiger partial charge in [-0.2, -0.15) is 0 Å². The van der Waals surface area contributed by atoms with E-state index in [0.29, 0.717) is 28.8 Å². The van der Waals surface area contributed by atoms with Crippen LogP contribution in [-0.4, -0.2) is 42.9 Å². The molecule has 1 aliphatic heterocycles. The zero-order chi connectivity index (χ0) is 24.5. The quantitative estimate of drug-likeness (QED) is 0.364. The third-order valence-electron chi connectivity index (χ3n) is 6.28. The van der Waals surface area contributed by atoms with E-state index in [4.69, 9.17) is 9.15 Å². The van der Waals surface area contributed by atoms with Gasteiger partial charge in [-0.1, -0.05) is 42.0 Å². The lowest BCUT2D eigenvalue weighted by molar-refractivity contribution is 0.0722. The maximum Gasteiger partial charge on any atom is 0.290 e. The molecule has 1 amide bonds. The van der Waals surface area contributed by atoms with Crippen molar-refractivity contribution in [1.82, 2.24) is 9.80 Å². The molecular formula is C29H28N2O4. The van der Waals surface area contributed by atoms with Crippen LogP contribution in [0.3, 0.4) is 0 Å². The number of amides is 1. The Morgan fingerprint density at radius 2 is 1.71 bits per heavy atom. The van der Waals surface area contributed by atoms with Crippen molar-refractivity contribution in [2.45, 2.75) is 19.4 Å². The fourth-order valence-electron chi connectivity index (χ4n) is 4.64. The highest BCUT2D eigenvalue weighted by Crippen LogP contribution is 2.39. The summed E-state index contributed by atoms with van der Waals surface area (Å²) in [5.41, 5.74) is 2.45. The Balaban J connectivity index is 1.61. The fourth-order valence-corrected chi connectivity index (χ4v) is 4.64. The monoisotopic (exact) mass is 468 g/mol. The number of rotatable bonds is 7. The number of benzene rings is 3. The SMILES string of the molecule is Cc1ccc2oc3c(c(=O)c2c1)C(c1cccc(Oc2ccccc2)c1)N(CCCN(C)C)C3=O. The molecule has 3 aromatic carbocycles. The molecule has 0 radical (unpaired) electrons. The molecule has 4 aromatic rings. The number of carbonyl (C=O) groups is 1. The van der Waals surface area contributed by atoms with Gasteiger partial charge in [-0.15, -0.1) is 0 Å². The predicted octanol–water partition coefficient (Wildman–Crippen LogP) is 5.39. The van der Waals surface area contributed by atoms with E-state index in [1.807, 2.05) is 87.7 Å². The molecule has 0 bridgehead atoms. The Labute approximate surface area is 204 Å². The second kappa shape index (κ2) is 9.39. The van der Waals surface area contributed by atoms with Crippen LogP contribution < -0.4 is 10.2 Å². The maximum absolute atomic E-state index is 13.7. The number of fused-ring (bicyclic) bond motifs is 2. The molecule has 0 aliphatic carbocycles. The molecule has 1 aliphatic rings. The first-order valence-corrected chi connectivity index (χ1v) is 11.8. The summed E-state index contributed by atoms with van der Waals surface area (Å²) >= 11 is 0. The van der Waals surface area contributed by atoms with E-state index in [1.165, 1.54) is 0 Å². The lowest BCUT2D eigenvalue weighted by atomic mass is 9.98. The summed E-state index contributed by atoms with van der Waals surface area (Å²) in [4.78, 5) is 31.1. The number of para-hydroxylation sites is 1. The van der Waals surface area contributed by atoms with E-state index >= 15 is 0 Å². The molecule has 6 nitrogen and oxygen atoms in total. The van der Waals surface area contributed by atoms with Crippen molar-refractivity contribution < 1.29 is 13.9 Å². The van der Waals surface area contributed by atoms with Crippen LogP contribution >= 0.6 is 0 Å². The molecule has 1 aromatic heterocycles. The van der Waals surface area contributed by atoms with E-state index in [-0.39, 0.29) is 17.1 Å². The van der Waals surface area contributed by atoms with Gasteiger partial charge >= 0.3 is 0 Å². The highest BCUT2D eigenvalue weighted by Gasteiger charge is 2.42. The highest BCUT2D eigenvalue weighted by molar-refractivity contribution is 5.99. The lowest BCUT2D eigenvalue weighted by Crippen LogP contribution is -2.32. The Hall–Kier alpha value is -3.90. The summed E-state index contributed by atoms with van der Waals surface area (Å²) in [6, 6.07) is 22.1. The molecule has 0 saturated heterocycles. The third kappa shape index (κ3) is 4.45. The van der Waals surface area contributed by atoms with Crippen molar-refractivity contribution in [2.75, 3.05) is 27.2 Å². The number of carbonyl (C=O) groups excluding carboxylic acids is 1. The average molecular weight is 469 g/mol. The molecule has 0 N–H and O–H groups in total.